The molecule has 2 aromatic rings. The molecule has 2 aliphatic rings. The summed E-state index contributed by atoms with van der Waals surface area (Å²) >= 11 is 0. The number of halogens is 2. The summed E-state index contributed by atoms with van der Waals surface area (Å²) in [6, 6.07) is -2.16. The number of carbonyl (C=O) groups is 2. The van der Waals surface area contributed by atoms with Gasteiger partial charge in [0.1, 0.15) is 11.4 Å². The van der Waals surface area contributed by atoms with E-state index in [1.54, 1.807) is 20.8 Å². The van der Waals surface area contributed by atoms with Gasteiger partial charge in [-0.2, -0.15) is 0 Å². The molecule has 43 heavy (non-hydrogen) atoms. The number of amides is 1. The molecule has 1 aliphatic heterocycles. The highest BCUT2D eigenvalue weighted by atomic mass is 31.2. The molecule has 1 saturated carbocycles. The molecule has 238 valence electrons. The van der Waals surface area contributed by atoms with Gasteiger partial charge in [-0.1, -0.05) is 20.8 Å². The third-order valence-corrected chi connectivity index (χ3v) is 10.6. The quantitative estimate of drug-likeness (QED) is 0.285. The highest BCUT2D eigenvalue weighted by Crippen LogP contribution is 2.60. The zero-order valence-electron chi connectivity index (χ0n) is 23.9. The van der Waals surface area contributed by atoms with Crippen molar-refractivity contribution in [2.45, 2.75) is 76.6 Å². The Hall–Kier alpha value is -2.87. The van der Waals surface area contributed by atoms with Crippen molar-refractivity contribution >= 4 is 43.8 Å². The first kappa shape index (κ1) is 33.0. The van der Waals surface area contributed by atoms with Crippen molar-refractivity contribution in [3.8, 4) is 0 Å². The van der Waals surface area contributed by atoms with Gasteiger partial charge in [0.25, 0.3) is 0 Å². The number of carboxylic acids is 1. The summed E-state index contributed by atoms with van der Waals surface area (Å²) in [5, 5.41) is 8.93. The molecule has 1 aromatic carbocycles. The van der Waals surface area contributed by atoms with E-state index in [1.807, 2.05) is 0 Å². The SMILES string of the molecule is C[C@@H]1CN(c2c(C(C)(C)C)c(F)c3c(=O)c(C(=O)O)cn(C4CC4)c3c2F)C[C@H](C)N1C(=O)OC(P(=O)(O)O)P(=O)(O)O. The Bertz CT molecular complexity index is 1620. The summed E-state index contributed by atoms with van der Waals surface area (Å²) in [5.41, 5.74) is -6.77. The Morgan fingerprint density at radius 2 is 1.51 bits per heavy atom. The lowest BCUT2D eigenvalue weighted by Crippen LogP contribution is -2.59. The Balaban J connectivity index is 1.85. The number of pyridine rings is 1. The van der Waals surface area contributed by atoms with Gasteiger partial charge in [0.2, 0.25) is 5.43 Å². The van der Waals surface area contributed by atoms with Crippen LogP contribution < -0.4 is 10.3 Å². The molecule has 2 heterocycles. The predicted molar refractivity (Wildman–Crippen MR) is 149 cm³/mol. The molecule has 5 N–H and O–H groups in total. The first-order chi connectivity index (χ1) is 19.6. The van der Waals surface area contributed by atoms with Crippen molar-refractivity contribution in [2.75, 3.05) is 18.0 Å². The standard InChI is InChI=1S/C25H33F2N3O11P2/c1-11-8-28(9-12(2)30(11)23(34)41-24(42(35,36)37)43(38,39)40)20-16(25(3,4)5)17(26)15-19(18(20)27)29(13-6-7-13)10-14(21(15)31)22(32)33/h10-13,24H,6-9H2,1-5H3,(H,32,33)(H2,35,36,37)(H2,38,39,40)/t11-,12+. The molecule has 2 atom stereocenters. The van der Waals surface area contributed by atoms with Crippen LogP contribution in [-0.2, 0) is 19.3 Å². The molecule has 1 saturated heterocycles. The van der Waals surface area contributed by atoms with Crippen molar-refractivity contribution in [3.05, 3.63) is 39.2 Å². The van der Waals surface area contributed by atoms with Crippen molar-refractivity contribution in [2.24, 2.45) is 0 Å². The molecule has 0 radical (unpaired) electrons. The van der Waals surface area contributed by atoms with E-state index in [1.165, 1.54) is 23.3 Å². The van der Waals surface area contributed by atoms with E-state index in [9.17, 15) is 48.2 Å². The number of carbonyl (C=O) groups excluding carboxylic acids is 1. The third-order valence-electron chi connectivity index (χ3n) is 7.47. The maximum atomic E-state index is 16.7. The van der Waals surface area contributed by atoms with E-state index < -0.39 is 78.4 Å². The average molecular weight is 651 g/mol. The van der Waals surface area contributed by atoms with Crippen LogP contribution in [0, 0.1) is 11.6 Å². The first-order valence-electron chi connectivity index (χ1n) is 13.2. The fraction of sp³-hybridized carbons (Fsp3) is 0.560. The molecule has 18 heteroatoms. The summed E-state index contributed by atoms with van der Waals surface area (Å²) in [7, 11) is -11.2. The molecular weight excluding hydrogens is 618 g/mol. The molecule has 0 spiro atoms. The smallest absolute Gasteiger partial charge is 0.411 e. The van der Waals surface area contributed by atoms with Gasteiger partial charge in [0.15, 0.2) is 5.82 Å². The fourth-order valence-electron chi connectivity index (χ4n) is 5.64. The number of fused-ring (bicyclic) bond motifs is 1. The van der Waals surface area contributed by atoms with Gasteiger partial charge < -0.3 is 38.9 Å². The zero-order chi connectivity index (χ0) is 32.6. The number of ether oxygens (including phenoxy) is 1. The highest BCUT2D eigenvalue weighted by molar-refractivity contribution is 7.70. The van der Waals surface area contributed by atoms with Crippen LogP contribution in [0.5, 0.6) is 0 Å². The molecule has 2 fully saturated rings. The Morgan fingerprint density at radius 3 is 1.93 bits per heavy atom. The summed E-state index contributed by atoms with van der Waals surface area (Å²) in [5.74, 6) is -3.61. The number of carboxylic acid groups (broad SMARTS) is 1. The van der Waals surface area contributed by atoms with Crippen molar-refractivity contribution in [3.63, 3.8) is 0 Å². The summed E-state index contributed by atoms with van der Waals surface area (Å²) < 4.78 is 62.3. The molecule has 1 aliphatic carbocycles. The topological polar surface area (TPSA) is 207 Å². The molecule has 1 aromatic heterocycles. The van der Waals surface area contributed by atoms with Gasteiger partial charge in [-0.25, -0.2) is 18.4 Å². The maximum absolute atomic E-state index is 16.7. The second kappa shape index (κ2) is 10.9. The Labute approximate surface area is 244 Å². The lowest BCUT2D eigenvalue weighted by Gasteiger charge is -2.46. The third kappa shape index (κ3) is 6.09. The van der Waals surface area contributed by atoms with E-state index in [-0.39, 0.29) is 35.9 Å². The minimum Gasteiger partial charge on any atom is -0.477 e. The van der Waals surface area contributed by atoms with Crippen molar-refractivity contribution in [1.82, 2.24) is 9.47 Å². The molecule has 4 rings (SSSR count). The Morgan fingerprint density at radius 1 is 1.00 bits per heavy atom. The number of hydrogen-bond donors (Lipinski definition) is 5. The lowest BCUT2D eigenvalue weighted by molar-refractivity contribution is 0.0604. The van der Waals surface area contributed by atoms with Crippen molar-refractivity contribution < 1.29 is 56.9 Å². The summed E-state index contributed by atoms with van der Waals surface area (Å²) in [4.78, 5) is 77.7. The largest absolute Gasteiger partial charge is 0.477 e. The maximum Gasteiger partial charge on any atom is 0.411 e. The van der Waals surface area contributed by atoms with Gasteiger partial charge in [0, 0.05) is 30.9 Å². The number of aromatic carboxylic acids is 1. The number of hydrogen-bond acceptors (Lipinski definition) is 7. The van der Waals surface area contributed by atoms with E-state index in [2.05, 4.69) is 4.74 Å². The fourth-order valence-corrected chi connectivity index (χ4v) is 7.66. The molecule has 1 amide bonds. The second-order valence-electron chi connectivity index (χ2n) is 12.0. The minimum atomic E-state index is -5.58. The number of benzene rings is 1. The monoisotopic (exact) mass is 651 g/mol. The number of anilines is 1. The minimum absolute atomic E-state index is 0.179. The summed E-state index contributed by atoms with van der Waals surface area (Å²) in [6.07, 6.45) is 0.716. The van der Waals surface area contributed by atoms with Crippen LogP contribution in [-0.4, -0.2) is 77.0 Å². The van der Waals surface area contributed by atoms with E-state index in [4.69, 9.17) is 0 Å². The van der Waals surface area contributed by atoms with Gasteiger partial charge in [0.05, 0.1) is 28.7 Å². The van der Waals surface area contributed by atoms with Crippen molar-refractivity contribution in [1.29, 1.82) is 0 Å². The second-order valence-corrected chi connectivity index (χ2v) is 15.7. The first-order valence-corrected chi connectivity index (χ1v) is 16.6. The Kier molecular flexibility index (Phi) is 8.40. The van der Waals surface area contributed by atoms with Gasteiger partial charge >= 0.3 is 32.8 Å². The normalized spacial score (nSPS) is 20.2. The zero-order valence-corrected chi connectivity index (χ0v) is 25.7. The molecule has 0 unspecified atom stereocenters. The molecular formula is C25H33F2N3O11P2. The molecule has 14 nitrogen and oxygen atoms in total. The summed E-state index contributed by atoms with van der Waals surface area (Å²) in [6.45, 7) is 7.35. The van der Waals surface area contributed by atoms with Crippen LogP contribution in [0.2, 0.25) is 0 Å². The number of rotatable bonds is 6. The van der Waals surface area contributed by atoms with Gasteiger partial charge in [-0.05, 0) is 32.1 Å². The van der Waals surface area contributed by atoms with Crippen LogP contribution in [0.1, 0.15) is 69.4 Å². The van der Waals surface area contributed by atoms with Crippen LogP contribution in [0.4, 0.5) is 19.3 Å². The predicted octanol–water partition coefficient (Wildman–Crippen LogP) is 3.28. The van der Waals surface area contributed by atoms with Crippen LogP contribution in [0.15, 0.2) is 11.0 Å². The number of nitrogens with zero attached hydrogens (tertiary/aromatic N) is 3. The number of aromatic nitrogens is 1. The van der Waals surface area contributed by atoms with E-state index in [0.717, 1.165) is 11.1 Å². The average Bonchev–Trinajstić information content (AvgIpc) is 3.66. The lowest BCUT2D eigenvalue weighted by atomic mass is 9.83. The van der Waals surface area contributed by atoms with Gasteiger partial charge in [-0.3, -0.25) is 18.8 Å². The molecule has 0 bridgehead atoms. The van der Waals surface area contributed by atoms with Gasteiger partial charge in [-0.15, -0.1) is 0 Å². The van der Waals surface area contributed by atoms with Crippen LogP contribution in [0.25, 0.3) is 10.9 Å². The highest BCUT2D eigenvalue weighted by Gasteiger charge is 2.49. The van der Waals surface area contributed by atoms with E-state index >= 15 is 8.78 Å². The van der Waals surface area contributed by atoms with Crippen LogP contribution >= 0.6 is 15.2 Å². The van der Waals surface area contributed by atoms with Crippen LogP contribution in [0.3, 0.4) is 0 Å². The van der Waals surface area contributed by atoms with E-state index in [0.29, 0.717) is 12.8 Å². The number of piperazine rings is 1.